The summed E-state index contributed by atoms with van der Waals surface area (Å²) in [6.07, 6.45) is 1.47. The molecule has 0 spiro atoms. The normalized spacial score (nSPS) is 18.9. The Morgan fingerprint density at radius 1 is 1.32 bits per heavy atom. The molecule has 0 radical (unpaired) electrons. The minimum atomic E-state index is 0.154. The lowest BCUT2D eigenvalue weighted by atomic mass is 10.1. The molecule has 0 aliphatic carbocycles. The fraction of sp³-hybridized carbons (Fsp3) is 0.667. The molecule has 1 aliphatic rings. The standard InChI is InChI=1S/C18H30N2O2/c1-5-20-9-8-16(13-20)12-19-11-15-6-7-17(22-14(2)3)18(10-15)21-4/h6-7,10,14,16,19H,5,8-9,11-13H2,1-4H3. The van der Waals surface area contributed by atoms with E-state index in [-0.39, 0.29) is 6.10 Å². The smallest absolute Gasteiger partial charge is 0.161 e. The zero-order valence-electron chi connectivity index (χ0n) is 14.4. The van der Waals surface area contributed by atoms with Gasteiger partial charge in [-0.25, -0.2) is 0 Å². The van der Waals surface area contributed by atoms with Gasteiger partial charge in [-0.3, -0.25) is 0 Å². The van der Waals surface area contributed by atoms with E-state index in [4.69, 9.17) is 9.47 Å². The molecule has 1 aromatic rings. The lowest BCUT2D eigenvalue weighted by Crippen LogP contribution is -2.26. The zero-order valence-corrected chi connectivity index (χ0v) is 14.4. The van der Waals surface area contributed by atoms with Crippen molar-refractivity contribution in [2.75, 3.05) is 33.3 Å². The Kier molecular flexibility index (Phi) is 6.52. The van der Waals surface area contributed by atoms with Crippen molar-refractivity contribution in [2.45, 2.75) is 39.8 Å². The van der Waals surface area contributed by atoms with Crippen LogP contribution in [0.3, 0.4) is 0 Å². The average molecular weight is 306 g/mol. The lowest BCUT2D eigenvalue weighted by molar-refractivity contribution is 0.230. The van der Waals surface area contributed by atoms with Crippen molar-refractivity contribution in [2.24, 2.45) is 5.92 Å². The Morgan fingerprint density at radius 2 is 2.14 bits per heavy atom. The molecule has 124 valence electrons. The van der Waals surface area contributed by atoms with Crippen LogP contribution in [0, 0.1) is 5.92 Å². The van der Waals surface area contributed by atoms with Crippen LogP contribution in [0.5, 0.6) is 11.5 Å². The van der Waals surface area contributed by atoms with E-state index in [2.05, 4.69) is 29.3 Å². The molecule has 1 heterocycles. The van der Waals surface area contributed by atoms with Gasteiger partial charge in [0.25, 0.3) is 0 Å². The number of rotatable bonds is 8. The first kappa shape index (κ1) is 17.1. The molecule has 1 saturated heterocycles. The van der Waals surface area contributed by atoms with Gasteiger partial charge in [0.15, 0.2) is 11.5 Å². The number of likely N-dealkylation sites (tertiary alicyclic amines) is 1. The molecule has 0 aromatic heterocycles. The van der Waals surface area contributed by atoms with Crippen LogP contribution in [0.15, 0.2) is 18.2 Å². The fourth-order valence-electron chi connectivity index (χ4n) is 2.96. The Bertz CT molecular complexity index is 462. The van der Waals surface area contributed by atoms with Crippen LogP contribution < -0.4 is 14.8 Å². The second kappa shape index (κ2) is 8.39. The second-order valence-corrected chi connectivity index (χ2v) is 6.33. The van der Waals surface area contributed by atoms with Crippen molar-refractivity contribution < 1.29 is 9.47 Å². The third-order valence-electron chi connectivity index (χ3n) is 4.17. The van der Waals surface area contributed by atoms with E-state index in [0.717, 1.165) is 30.5 Å². The van der Waals surface area contributed by atoms with Crippen LogP contribution in [0.4, 0.5) is 0 Å². The third-order valence-corrected chi connectivity index (χ3v) is 4.17. The third kappa shape index (κ3) is 4.89. The summed E-state index contributed by atoms with van der Waals surface area (Å²) in [4.78, 5) is 2.52. The molecular formula is C18H30N2O2. The van der Waals surface area contributed by atoms with Gasteiger partial charge in [0.2, 0.25) is 0 Å². The molecule has 1 unspecified atom stereocenters. The molecular weight excluding hydrogens is 276 g/mol. The predicted molar refractivity (Wildman–Crippen MR) is 90.7 cm³/mol. The van der Waals surface area contributed by atoms with Gasteiger partial charge in [0, 0.05) is 13.1 Å². The van der Waals surface area contributed by atoms with Gasteiger partial charge in [-0.15, -0.1) is 0 Å². The van der Waals surface area contributed by atoms with Gasteiger partial charge < -0.3 is 19.7 Å². The molecule has 0 amide bonds. The SMILES string of the molecule is CCN1CCC(CNCc2ccc(OC(C)C)c(OC)c2)C1. The summed E-state index contributed by atoms with van der Waals surface area (Å²) in [5.74, 6) is 2.41. The number of methoxy groups -OCH3 is 1. The van der Waals surface area contributed by atoms with Gasteiger partial charge in [-0.2, -0.15) is 0 Å². The van der Waals surface area contributed by atoms with E-state index in [0.29, 0.717) is 0 Å². The number of ether oxygens (including phenoxy) is 2. The van der Waals surface area contributed by atoms with E-state index in [1.165, 1.54) is 31.6 Å². The maximum atomic E-state index is 5.75. The summed E-state index contributed by atoms with van der Waals surface area (Å²) in [6, 6.07) is 6.18. The number of benzene rings is 1. The minimum Gasteiger partial charge on any atom is -0.493 e. The van der Waals surface area contributed by atoms with Crippen LogP contribution in [0.2, 0.25) is 0 Å². The molecule has 1 fully saturated rings. The van der Waals surface area contributed by atoms with Gasteiger partial charge in [-0.1, -0.05) is 13.0 Å². The van der Waals surface area contributed by atoms with Gasteiger partial charge in [-0.05, 0) is 63.5 Å². The monoisotopic (exact) mass is 306 g/mol. The van der Waals surface area contributed by atoms with E-state index < -0.39 is 0 Å². The van der Waals surface area contributed by atoms with Crippen LogP contribution in [0.25, 0.3) is 0 Å². The molecule has 1 N–H and O–H groups in total. The molecule has 1 aliphatic heterocycles. The largest absolute Gasteiger partial charge is 0.493 e. The highest BCUT2D eigenvalue weighted by Gasteiger charge is 2.20. The van der Waals surface area contributed by atoms with Crippen LogP contribution in [0.1, 0.15) is 32.8 Å². The summed E-state index contributed by atoms with van der Waals surface area (Å²) in [5, 5.41) is 3.58. The summed E-state index contributed by atoms with van der Waals surface area (Å²) >= 11 is 0. The van der Waals surface area contributed by atoms with Gasteiger partial charge >= 0.3 is 0 Å². The quantitative estimate of drug-likeness (QED) is 0.801. The maximum Gasteiger partial charge on any atom is 0.161 e. The number of hydrogen-bond donors (Lipinski definition) is 1. The molecule has 22 heavy (non-hydrogen) atoms. The number of nitrogens with zero attached hydrogens (tertiary/aromatic N) is 1. The predicted octanol–water partition coefficient (Wildman–Crippen LogP) is 2.91. The first-order chi connectivity index (χ1) is 10.6. The fourth-order valence-corrected chi connectivity index (χ4v) is 2.96. The number of hydrogen-bond acceptors (Lipinski definition) is 4. The van der Waals surface area contributed by atoms with E-state index in [1.807, 2.05) is 19.9 Å². The van der Waals surface area contributed by atoms with Gasteiger partial charge in [0.05, 0.1) is 13.2 Å². The van der Waals surface area contributed by atoms with Crippen molar-refractivity contribution >= 4 is 0 Å². The Morgan fingerprint density at radius 3 is 2.77 bits per heavy atom. The highest BCUT2D eigenvalue weighted by atomic mass is 16.5. The van der Waals surface area contributed by atoms with Crippen LogP contribution >= 0.6 is 0 Å². The molecule has 1 atom stereocenters. The van der Waals surface area contributed by atoms with Crippen molar-refractivity contribution in [1.82, 2.24) is 10.2 Å². The first-order valence-corrected chi connectivity index (χ1v) is 8.39. The van der Waals surface area contributed by atoms with Gasteiger partial charge in [0.1, 0.15) is 0 Å². The molecule has 4 nitrogen and oxygen atoms in total. The Labute approximate surface area is 134 Å². The maximum absolute atomic E-state index is 5.75. The Balaban J connectivity index is 1.83. The Hall–Kier alpha value is -1.26. The molecule has 0 saturated carbocycles. The van der Waals surface area contributed by atoms with E-state index in [1.54, 1.807) is 7.11 Å². The highest BCUT2D eigenvalue weighted by molar-refractivity contribution is 5.43. The van der Waals surface area contributed by atoms with Crippen molar-refractivity contribution in [3.63, 3.8) is 0 Å². The molecule has 1 aromatic carbocycles. The average Bonchev–Trinajstić information content (AvgIpc) is 2.96. The number of nitrogens with one attached hydrogen (secondary N) is 1. The molecule has 2 rings (SSSR count). The topological polar surface area (TPSA) is 33.7 Å². The zero-order chi connectivity index (χ0) is 15.9. The minimum absolute atomic E-state index is 0.154. The van der Waals surface area contributed by atoms with E-state index >= 15 is 0 Å². The first-order valence-electron chi connectivity index (χ1n) is 8.39. The van der Waals surface area contributed by atoms with Crippen LogP contribution in [-0.2, 0) is 6.54 Å². The van der Waals surface area contributed by atoms with Crippen molar-refractivity contribution in [1.29, 1.82) is 0 Å². The van der Waals surface area contributed by atoms with E-state index in [9.17, 15) is 0 Å². The second-order valence-electron chi connectivity index (χ2n) is 6.33. The highest BCUT2D eigenvalue weighted by Crippen LogP contribution is 2.29. The van der Waals surface area contributed by atoms with Crippen molar-refractivity contribution in [3.05, 3.63) is 23.8 Å². The summed E-state index contributed by atoms with van der Waals surface area (Å²) in [7, 11) is 1.69. The van der Waals surface area contributed by atoms with Crippen molar-refractivity contribution in [3.8, 4) is 11.5 Å². The lowest BCUT2D eigenvalue weighted by Gasteiger charge is -2.16. The molecule has 0 bridgehead atoms. The molecule has 4 heteroatoms. The van der Waals surface area contributed by atoms with Crippen LogP contribution in [-0.4, -0.2) is 44.3 Å². The summed E-state index contributed by atoms with van der Waals surface area (Å²) < 4.78 is 11.2. The summed E-state index contributed by atoms with van der Waals surface area (Å²) in [5.41, 5.74) is 1.23. The summed E-state index contributed by atoms with van der Waals surface area (Å²) in [6.45, 7) is 11.9.